The predicted molar refractivity (Wildman–Crippen MR) is 127 cm³/mol. The maximum atomic E-state index is 13.7. The van der Waals surface area contributed by atoms with Crippen LogP contribution >= 0.6 is 11.8 Å². The van der Waals surface area contributed by atoms with Gasteiger partial charge in [0.05, 0.1) is 11.4 Å². The number of rotatable bonds is 8. The van der Waals surface area contributed by atoms with E-state index in [9.17, 15) is 14.0 Å². The van der Waals surface area contributed by atoms with Crippen LogP contribution < -0.4 is 9.47 Å². The second-order valence-electron chi connectivity index (χ2n) is 7.44. The molecule has 7 heteroatoms. The fourth-order valence-corrected chi connectivity index (χ4v) is 4.04. The predicted octanol–water partition coefficient (Wildman–Crippen LogP) is 5.83. The van der Waals surface area contributed by atoms with Crippen LogP contribution in [0.3, 0.4) is 0 Å². The van der Waals surface area contributed by atoms with E-state index in [0.29, 0.717) is 22.0 Å². The number of aryl methyl sites for hydroxylation is 1. The number of hydrogen-bond donors (Lipinski definition) is 0. The lowest BCUT2D eigenvalue weighted by Gasteiger charge is -2.13. The minimum absolute atomic E-state index is 0.121. The summed E-state index contributed by atoms with van der Waals surface area (Å²) in [7, 11) is 0. The quantitative estimate of drug-likeness (QED) is 0.394. The van der Waals surface area contributed by atoms with Crippen molar-refractivity contribution in [2.45, 2.75) is 13.5 Å². The molecule has 1 heterocycles. The first-order valence-electron chi connectivity index (χ1n) is 10.4. The molecule has 0 radical (unpaired) electrons. The molecule has 1 aliphatic heterocycles. The van der Waals surface area contributed by atoms with Gasteiger partial charge in [-0.25, -0.2) is 4.39 Å². The normalized spacial score (nSPS) is 14.7. The van der Waals surface area contributed by atoms with Crippen LogP contribution in [-0.2, 0) is 11.4 Å². The Morgan fingerprint density at radius 3 is 2.30 bits per heavy atom. The fraction of sp³-hybridized carbons (Fsp3) is 0.154. The van der Waals surface area contributed by atoms with Gasteiger partial charge in [-0.1, -0.05) is 48.0 Å². The van der Waals surface area contributed by atoms with Gasteiger partial charge in [0.25, 0.3) is 11.1 Å². The van der Waals surface area contributed by atoms with Crippen molar-refractivity contribution in [1.82, 2.24) is 4.90 Å². The number of imide groups is 1. The molecule has 3 aromatic rings. The van der Waals surface area contributed by atoms with Crippen molar-refractivity contribution in [1.29, 1.82) is 0 Å². The zero-order valence-electron chi connectivity index (χ0n) is 18.0. The van der Waals surface area contributed by atoms with E-state index >= 15 is 0 Å². The number of carbonyl (C=O) groups is 2. The third-order valence-corrected chi connectivity index (χ3v) is 5.92. The second kappa shape index (κ2) is 10.4. The van der Waals surface area contributed by atoms with Gasteiger partial charge in [0, 0.05) is 5.56 Å². The van der Waals surface area contributed by atoms with E-state index in [1.54, 1.807) is 48.5 Å². The van der Waals surface area contributed by atoms with E-state index in [1.165, 1.54) is 11.0 Å². The summed E-state index contributed by atoms with van der Waals surface area (Å²) in [4.78, 5) is 26.5. The number of hydrogen-bond acceptors (Lipinski definition) is 5. The highest BCUT2D eigenvalue weighted by Gasteiger charge is 2.34. The monoisotopic (exact) mass is 463 g/mol. The Kier molecular flexibility index (Phi) is 7.10. The summed E-state index contributed by atoms with van der Waals surface area (Å²) in [5.41, 5.74) is 2.36. The molecule has 2 amide bonds. The van der Waals surface area contributed by atoms with Crippen molar-refractivity contribution in [3.63, 3.8) is 0 Å². The van der Waals surface area contributed by atoms with E-state index < -0.39 is 0 Å². The zero-order valence-corrected chi connectivity index (χ0v) is 18.8. The van der Waals surface area contributed by atoms with Crippen molar-refractivity contribution in [3.05, 3.63) is 100 Å². The molecule has 0 aliphatic carbocycles. The molecule has 1 saturated heterocycles. The molecule has 0 aromatic heterocycles. The summed E-state index contributed by atoms with van der Waals surface area (Å²) >= 11 is 0.908. The first kappa shape index (κ1) is 22.6. The summed E-state index contributed by atoms with van der Waals surface area (Å²) < 4.78 is 25.0. The van der Waals surface area contributed by atoms with Crippen LogP contribution in [0.25, 0.3) is 6.08 Å². The molecule has 1 fully saturated rings. The van der Waals surface area contributed by atoms with Crippen LogP contribution in [0.5, 0.6) is 11.5 Å². The molecule has 0 unspecified atom stereocenters. The molecule has 3 aromatic carbocycles. The minimum atomic E-state index is -0.336. The number of ether oxygens (including phenoxy) is 2. The standard InChI is InChI=1S/C26H22FNO4S/c1-18-6-10-21(11-7-18)31-15-14-28-25(29)24(33-26(28)30)16-19-8-12-22(13-9-19)32-17-20-4-2-3-5-23(20)27/h2-13,16H,14-15,17H2,1H3/b24-16-. The largest absolute Gasteiger partial charge is 0.492 e. The first-order chi connectivity index (χ1) is 16.0. The van der Waals surface area contributed by atoms with Gasteiger partial charge in [0.15, 0.2) is 0 Å². The lowest BCUT2D eigenvalue weighted by molar-refractivity contribution is -0.123. The Labute approximate surface area is 195 Å². The number of nitrogens with zero attached hydrogens (tertiary/aromatic N) is 1. The molecule has 5 nitrogen and oxygen atoms in total. The number of carbonyl (C=O) groups excluding carboxylic acids is 2. The SMILES string of the molecule is Cc1ccc(OCCN2C(=O)S/C(=C\c3ccc(OCc4ccccc4F)cc3)C2=O)cc1. The number of amides is 2. The Bertz CT molecular complexity index is 1180. The molecule has 0 saturated carbocycles. The third-order valence-electron chi connectivity index (χ3n) is 5.01. The van der Waals surface area contributed by atoms with Gasteiger partial charge in [-0.3, -0.25) is 14.5 Å². The van der Waals surface area contributed by atoms with Crippen LogP contribution in [0, 0.1) is 12.7 Å². The van der Waals surface area contributed by atoms with Gasteiger partial charge in [0.2, 0.25) is 0 Å². The van der Waals surface area contributed by atoms with E-state index in [2.05, 4.69) is 0 Å². The van der Waals surface area contributed by atoms with Gasteiger partial charge >= 0.3 is 0 Å². The molecule has 4 rings (SSSR count). The molecule has 0 spiro atoms. The molecule has 0 N–H and O–H groups in total. The number of halogens is 1. The third kappa shape index (κ3) is 5.81. The van der Waals surface area contributed by atoms with Crippen molar-refractivity contribution in [3.8, 4) is 11.5 Å². The fourth-order valence-electron chi connectivity index (χ4n) is 3.17. The molecule has 0 bridgehead atoms. The Balaban J connectivity index is 1.32. The molecular formula is C26H22FNO4S. The van der Waals surface area contributed by atoms with Crippen LogP contribution in [0.15, 0.2) is 77.7 Å². The Hall–Kier alpha value is -3.58. The Morgan fingerprint density at radius 2 is 1.58 bits per heavy atom. The summed E-state index contributed by atoms with van der Waals surface area (Å²) in [6.45, 7) is 2.51. The summed E-state index contributed by atoms with van der Waals surface area (Å²) in [6, 6.07) is 21.1. The highest BCUT2D eigenvalue weighted by molar-refractivity contribution is 8.18. The van der Waals surface area contributed by atoms with E-state index in [1.807, 2.05) is 31.2 Å². The second-order valence-corrected chi connectivity index (χ2v) is 8.44. The topological polar surface area (TPSA) is 55.8 Å². The van der Waals surface area contributed by atoms with Gasteiger partial charge in [-0.05, 0) is 60.7 Å². The molecule has 168 valence electrons. The van der Waals surface area contributed by atoms with Crippen molar-refractivity contribution in [2.24, 2.45) is 0 Å². The van der Waals surface area contributed by atoms with Crippen LogP contribution in [0.4, 0.5) is 9.18 Å². The molecule has 1 aliphatic rings. The summed E-state index contributed by atoms with van der Waals surface area (Å²) in [5.74, 6) is 0.628. The highest BCUT2D eigenvalue weighted by atomic mass is 32.2. The van der Waals surface area contributed by atoms with Crippen LogP contribution in [0.2, 0.25) is 0 Å². The number of thioether (sulfide) groups is 1. The maximum Gasteiger partial charge on any atom is 0.293 e. The molecule has 33 heavy (non-hydrogen) atoms. The Morgan fingerprint density at radius 1 is 0.909 bits per heavy atom. The van der Waals surface area contributed by atoms with Gasteiger partial charge in [-0.15, -0.1) is 0 Å². The zero-order chi connectivity index (χ0) is 23.2. The van der Waals surface area contributed by atoms with Gasteiger partial charge in [0.1, 0.15) is 30.5 Å². The average Bonchev–Trinajstić information content (AvgIpc) is 3.08. The van der Waals surface area contributed by atoms with Gasteiger partial charge < -0.3 is 9.47 Å². The highest BCUT2D eigenvalue weighted by Crippen LogP contribution is 2.32. The number of benzene rings is 3. The van der Waals surface area contributed by atoms with Crippen LogP contribution in [0.1, 0.15) is 16.7 Å². The van der Waals surface area contributed by atoms with Crippen molar-refractivity contribution < 1.29 is 23.5 Å². The first-order valence-corrected chi connectivity index (χ1v) is 11.2. The summed E-state index contributed by atoms with van der Waals surface area (Å²) in [6.07, 6.45) is 1.67. The smallest absolute Gasteiger partial charge is 0.293 e. The van der Waals surface area contributed by atoms with Crippen LogP contribution in [-0.4, -0.2) is 29.2 Å². The average molecular weight is 464 g/mol. The van der Waals surface area contributed by atoms with E-state index in [4.69, 9.17) is 9.47 Å². The lowest BCUT2D eigenvalue weighted by Crippen LogP contribution is -2.32. The summed E-state index contributed by atoms with van der Waals surface area (Å²) in [5, 5.41) is -0.316. The van der Waals surface area contributed by atoms with Gasteiger partial charge in [-0.2, -0.15) is 0 Å². The van der Waals surface area contributed by atoms with E-state index in [-0.39, 0.29) is 36.7 Å². The lowest BCUT2D eigenvalue weighted by atomic mass is 10.2. The van der Waals surface area contributed by atoms with Crippen molar-refractivity contribution >= 4 is 29.0 Å². The maximum absolute atomic E-state index is 13.7. The molecule has 0 atom stereocenters. The van der Waals surface area contributed by atoms with Crippen molar-refractivity contribution in [2.75, 3.05) is 13.2 Å². The minimum Gasteiger partial charge on any atom is -0.492 e. The van der Waals surface area contributed by atoms with E-state index in [0.717, 1.165) is 22.9 Å². The molecular weight excluding hydrogens is 441 g/mol.